The van der Waals surface area contributed by atoms with E-state index in [2.05, 4.69) is 166 Å². The Labute approximate surface area is 375 Å². The van der Waals surface area contributed by atoms with Crippen molar-refractivity contribution in [3.8, 4) is 78.7 Å². The van der Waals surface area contributed by atoms with Crippen LogP contribution in [0.4, 0.5) is 0 Å². The number of benzene rings is 9. The Balaban J connectivity index is 0.941. The maximum absolute atomic E-state index is 6.57. The summed E-state index contributed by atoms with van der Waals surface area (Å²) in [6.45, 7) is 4.65. The molecule has 3 heterocycles. The third kappa shape index (κ3) is 6.04. The molecule has 1 aliphatic carbocycles. The molecule has 0 saturated carbocycles. The lowest BCUT2D eigenvalue weighted by atomic mass is 9.82. The molecule has 306 valence electrons. The van der Waals surface area contributed by atoms with Crippen LogP contribution in [0.25, 0.3) is 123 Å². The van der Waals surface area contributed by atoms with Crippen molar-refractivity contribution in [1.82, 2.24) is 15.0 Å². The van der Waals surface area contributed by atoms with Crippen molar-refractivity contribution in [3.63, 3.8) is 0 Å². The lowest BCUT2D eigenvalue weighted by Crippen LogP contribution is -2.14. The fourth-order valence-corrected chi connectivity index (χ4v) is 10.0. The smallest absolute Gasteiger partial charge is 0.164 e. The molecule has 9 aromatic carbocycles. The normalized spacial score (nSPS) is 12.9. The molecule has 0 saturated heterocycles. The van der Waals surface area contributed by atoms with E-state index in [-0.39, 0.29) is 5.41 Å². The Kier molecular flexibility index (Phi) is 8.18. The molecule has 0 bridgehead atoms. The van der Waals surface area contributed by atoms with E-state index in [1.54, 1.807) is 0 Å². The van der Waals surface area contributed by atoms with E-state index in [9.17, 15) is 0 Å². The van der Waals surface area contributed by atoms with Gasteiger partial charge in [-0.1, -0.05) is 159 Å². The lowest BCUT2D eigenvalue weighted by molar-refractivity contribution is 0.660. The van der Waals surface area contributed by atoms with Crippen LogP contribution < -0.4 is 0 Å². The van der Waals surface area contributed by atoms with Crippen molar-refractivity contribution in [1.29, 1.82) is 0 Å². The van der Waals surface area contributed by atoms with Gasteiger partial charge in [0.25, 0.3) is 0 Å². The topological polar surface area (TPSA) is 65.0 Å². The molecule has 13 rings (SSSR count). The first-order valence-corrected chi connectivity index (χ1v) is 22.1. The molecule has 0 amide bonds. The third-order valence-corrected chi connectivity index (χ3v) is 13.4. The van der Waals surface area contributed by atoms with Gasteiger partial charge in [-0.2, -0.15) is 0 Å². The highest BCUT2D eigenvalue weighted by molar-refractivity contribution is 6.13. The summed E-state index contributed by atoms with van der Waals surface area (Å²) in [6.07, 6.45) is 0. The summed E-state index contributed by atoms with van der Waals surface area (Å²) in [5.74, 6) is 1.73. The summed E-state index contributed by atoms with van der Waals surface area (Å²) in [5.41, 5.74) is 18.1. The number of nitrogens with zero attached hydrogens (tertiary/aromatic N) is 3. The summed E-state index contributed by atoms with van der Waals surface area (Å²) in [7, 11) is 0. The van der Waals surface area contributed by atoms with Crippen LogP contribution in [0.5, 0.6) is 0 Å². The van der Waals surface area contributed by atoms with Gasteiger partial charge in [-0.15, -0.1) is 0 Å². The zero-order valence-electron chi connectivity index (χ0n) is 35.7. The van der Waals surface area contributed by atoms with Gasteiger partial charge in [-0.05, 0) is 110 Å². The highest BCUT2D eigenvalue weighted by atomic mass is 16.3. The summed E-state index contributed by atoms with van der Waals surface area (Å²) >= 11 is 0. The molecule has 0 N–H and O–H groups in total. The highest BCUT2D eigenvalue weighted by Crippen LogP contribution is 2.50. The van der Waals surface area contributed by atoms with E-state index < -0.39 is 0 Å². The number of aromatic nitrogens is 3. The average Bonchev–Trinajstić information content (AvgIpc) is 4.01. The van der Waals surface area contributed by atoms with E-state index in [1.165, 1.54) is 33.4 Å². The first-order valence-electron chi connectivity index (χ1n) is 22.1. The van der Waals surface area contributed by atoms with E-state index in [0.29, 0.717) is 17.5 Å². The van der Waals surface area contributed by atoms with Crippen LogP contribution in [-0.2, 0) is 5.41 Å². The second kappa shape index (κ2) is 14.3. The summed E-state index contributed by atoms with van der Waals surface area (Å²) < 4.78 is 12.8. The van der Waals surface area contributed by atoms with E-state index >= 15 is 0 Å². The molecule has 0 aliphatic heterocycles. The minimum atomic E-state index is -0.0313. The molecule has 0 spiro atoms. The second-order valence-electron chi connectivity index (χ2n) is 17.6. The van der Waals surface area contributed by atoms with Gasteiger partial charge in [0.2, 0.25) is 0 Å². The molecular weight excluding hydrogens is 795 g/mol. The van der Waals surface area contributed by atoms with Gasteiger partial charge in [-0.25, -0.2) is 15.0 Å². The van der Waals surface area contributed by atoms with Gasteiger partial charge in [0, 0.05) is 43.7 Å². The van der Waals surface area contributed by atoms with Gasteiger partial charge in [0.1, 0.15) is 22.3 Å². The molecule has 5 nitrogen and oxygen atoms in total. The van der Waals surface area contributed by atoms with Crippen molar-refractivity contribution in [2.45, 2.75) is 19.3 Å². The van der Waals surface area contributed by atoms with Crippen LogP contribution >= 0.6 is 0 Å². The molecule has 65 heavy (non-hydrogen) atoms. The molecule has 5 heteroatoms. The standard InChI is InChI=1S/C60H39N3O2/c1-60(2)50-19-8-6-16-44(50)47-33-41(26-29-51(47)60)39-14-10-15-40(32-39)42-27-30-54-49(34-42)56-46(18-11-21-55(56)65-54)59-62-57(38-24-22-37(23-25-38)36-12-4-3-5-13-36)61-58(63-59)43-28-31-53-48(35-43)45-17-7-9-20-52(45)64-53/h3-35H,1-2H3. The van der Waals surface area contributed by atoms with Crippen LogP contribution in [0.3, 0.4) is 0 Å². The van der Waals surface area contributed by atoms with Gasteiger partial charge in [0.15, 0.2) is 17.5 Å². The van der Waals surface area contributed by atoms with Gasteiger partial charge < -0.3 is 8.83 Å². The number of para-hydroxylation sites is 1. The minimum absolute atomic E-state index is 0.0313. The SMILES string of the molecule is CC1(C)c2ccccc2-c2cc(-c3cccc(-c4ccc5oc6cccc(-c7nc(-c8ccc(-c9ccccc9)cc8)nc(-c8ccc9oc%10ccccc%10c9c8)n7)c6c5c4)c3)ccc21. The number of hydrogen-bond donors (Lipinski definition) is 0. The minimum Gasteiger partial charge on any atom is -0.456 e. The fourth-order valence-electron chi connectivity index (χ4n) is 10.0. The number of fused-ring (bicyclic) bond motifs is 9. The Bertz CT molecular complexity index is 3860. The highest BCUT2D eigenvalue weighted by Gasteiger charge is 2.35. The summed E-state index contributed by atoms with van der Waals surface area (Å²) in [6, 6.07) is 70.3. The van der Waals surface area contributed by atoms with Crippen LogP contribution in [0.2, 0.25) is 0 Å². The van der Waals surface area contributed by atoms with Crippen LogP contribution in [0.15, 0.2) is 209 Å². The summed E-state index contributed by atoms with van der Waals surface area (Å²) in [5, 5.41) is 4.02. The summed E-state index contributed by atoms with van der Waals surface area (Å²) in [4.78, 5) is 15.6. The van der Waals surface area contributed by atoms with Crippen LogP contribution in [0, 0.1) is 0 Å². The quantitative estimate of drug-likeness (QED) is 0.167. The number of rotatable bonds is 6. The van der Waals surface area contributed by atoms with E-state index in [0.717, 1.165) is 82.8 Å². The number of furan rings is 2. The maximum Gasteiger partial charge on any atom is 0.164 e. The predicted octanol–water partition coefficient (Wildman–Crippen LogP) is 16.0. The molecule has 3 aromatic heterocycles. The maximum atomic E-state index is 6.57. The molecule has 1 aliphatic rings. The van der Waals surface area contributed by atoms with E-state index in [4.69, 9.17) is 23.8 Å². The van der Waals surface area contributed by atoms with Crippen molar-refractivity contribution in [2.75, 3.05) is 0 Å². The molecule has 0 fully saturated rings. The molecule has 0 unspecified atom stereocenters. The Morgan fingerprint density at radius 3 is 1.66 bits per heavy atom. The Hall–Kier alpha value is -8.41. The average molecular weight is 834 g/mol. The lowest BCUT2D eigenvalue weighted by Gasteiger charge is -2.21. The van der Waals surface area contributed by atoms with Crippen molar-refractivity contribution >= 4 is 43.9 Å². The molecule has 12 aromatic rings. The largest absolute Gasteiger partial charge is 0.456 e. The molecule has 0 atom stereocenters. The van der Waals surface area contributed by atoms with Crippen molar-refractivity contribution < 1.29 is 8.83 Å². The van der Waals surface area contributed by atoms with Crippen LogP contribution in [-0.4, -0.2) is 15.0 Å². The first-order chi connectivity index (χ1) is 31.9. The van der Waals surface area contributed by atoms with Crippen molar-refractivity contribution in [3.05, 3.63) is 211 Å². The van der Waals surface area contributed by atoms with Crippen LogP contribution in [0.1, 0.15) is 25.0 Å². The third-order valence-electron chi connectivity index (χ3n) is 13.4. The Morgan fingerprint density at radius 1 is 0.308 bits per heavy atom. The predicted molar refractivity (Wildman–Crippen MR) is 265 cm³/mol. The van der Waals surface area contributed by atoms with Gasteiger partial charge in [0.05, 0.1) is 0 Å². The van der Waals surface area contributed by atoms with Crippen molar-refractivity contribution in [2.24, 2.45) is 0 Å². The zero-order chi connectivity index (χ0) is 43.2. The van der Waals surface area contributed by atoms with Gasteiger partial charge in [-0.3, -0.25) is 0 Å². The fraction of sp³-hybridized carbons (Fsp3) is 0.0500. The molecular formula is C60H39N3O2. The van der Waals surface area contributed by atoms with E-state index in [1.807, 2.05) is 48.5 Å². The number of hydrogen-bond acceptors (Lipinski definition) is 5. The second-order valence-corrected chi connectivity index (χ2v) is 17.6. The first kappa shape index (κ1) is 37.2. The van der Waals surface area contributed by atoms with Gasteiger partial charge >= 0.3 is 0 Å². The Morgan fingerprint density at radius 2 is 0.815 bits per heavy atom. The molecule has 0 radical (unpaired) electrons. The zero-order valence-corrected chi connectivity index (χ0v) is 35.7. The monoisotopic (exact) mass is 833 g/mol.